The fraction of sp³-hybridized carbons (Fsp3) is 0.167. The molecule has 0 aliphatic rings. The van der Waals surface area contributed by atoms with Crippen LogP contribution in [0.25, 0.3) is 22.2 Å². The fourth-order valence-electron chi connectivity index (χ4n) is 2.51. The summed E-state index contributed by atoms with van der Waals surface area (Å²) in [5.74, 6) is 0. The number of nitrogens with zero attached hydrogens (tertiary/aromatic N) is 1. The van der Waals surface area contributed by atoms with E-state index in [-0.39, 0.29) is 0 Å². The summed E-state index contributed by atoms with van der Waals surface area (Å²) in [6.07, 6.45) is 0. The van der Waals surface area contributed by atoms with Gasteiger partial charge in [0.25, 0.3) is 0 Å². The summed E-state index contributed by atoms with van der Waals surface area (Å²) in [6.45, 7) is 6.36. The molecule has 0 spiro atoms. The Kier molecular flexibility index (Phi) is 2.83. The van der Waals surface area contributed by atoms with Crippen molar-refractivity contribution >= 4 is 10.9 Å². The second kappa shape index (κ2) is 4.51. The molecule has 0 radical (unpaired) electrons. The van der Waals surface area contributed by atoms with Gasteiger partial charge in [-0.3, -0.25) is 0 Å². The van der Waals surface area contributed by atoms with E-state index in [0.29, 0.717) is 0 Å². The van der Waals surface area contributed by atoms with Crippen LogP contribution in [-0.4, -0.2) is 4.98 Å². The summed E-state index contributed by atoms with van der Waals surface area (Å²) in [5.41, 5.74) is 7.11. The Morgan fingerprint density at radius 1 is 0.684 bits per heavy atom. The zero-order valence-corrected chi connectivity index (χ0v) is 11.6. The maximum Gasteiger partial charge on any atom is 0.0712 e. The van der Waals surface area contributed by atoms with Gasteiger partial charge < -0.3 is 0 Å². The second-order valence-electron chi connectivity index (χ2n) is 5.27. The molecule has 0 atom stereocenters. The van der Waals surface area contributed by atoms with E-state index < -0.39 is 0 Å². The zero-order chi connectivity index (χ0) is 13.4. The number of pyridine rings is 1. The van der Waals surface area contributed by atoms with Gasteiger partial charge in [0.2, 0.25) is 0 Å². The first kappa shape index (κ1) is 11.9. The number of fused-ring (bicyclic) bond motifs is 1. The fourth-order valence-corrected chi connectivity index (χ4v) is 2.51. The minimum Gasteiger partial charge on any atom is -0.248 e. The number of aromatic nitrogens is 1. The number of hydrogen-bond acceptors (Lipinski definition) is 1. The van der Waals surface area contributed by atoms with Gasteiger partial charge >= 0.3 is 0 Å². The van der Waals surface area contributed by atoms with Crippen molar-refractivity contribution in [2.75, 3.05) is 0 Å². The average Bonchev–Trinajstić information content (AvgIpc) is 2.36. The second-order valence-corrected chi connectivity index (χ2v) is 5.27. The van der Waals surface area contributed by atoms with Crippen LogP contribution in [0, 0.1) is 20.8 Å². The number of hydrogen-bond donors (Lipinski definition) is 0. The highest BCUT2D eigenvalue weighted by Gasteiger charge is 2.03. The van der Waals surface area contributed by atoms with Gasteiger partial charge in [0, 0.05) is 10.9 Å². The largest absolute Gasteiger partial charge is 0.248 e. The predicted octanol–water partition coefficient (Wildman–Crippen LogP) is 4.83. The van der Waals surface area contributed by atoms with Crippen LogP contribution in [0.1, 0.15) is 16.7 Å². The van der Waals surface area contributed by atoms with Crippen LogP contribution in [0.4, 0.5) is 0 Å². The molecule has 1 aromatic heterocycles. The third-order valence-electron chi connectivity index (χ3n) is 3.37. The van der Waals surface area contributed by atoms with Crippen LogP contribution in [0.15, 0.2) is 48.5 Å². The van der Waals surface area contributed by atoms with E-state index in [4.69, 9.17) is 4.98 Å². The van der Waals surface area contributed by atoms with Gasteiger partial charge in [0.1, 0.15) is 0 Å². The molecule has 0 aliphatic heterocycles. The molecule has 2 aromatic carbocycles. The monoisotopic (exact) mass is 247 g/mol. The quantitative estimate of drug-likeness (QED) is 0.600. The first-order valence-electron chi connectivity index (χ1n) is 6.58. The van der Waals surface area contributed by atoms with Crippen molar-refractivity contribution in [3.63, 3.8) is 0 Å². The molecule has 1 nitrogen and oxygen atoms in total. The maximum absolute atomic E-state index is 4.79. The minimum atomic E-state index is 1.05. The highest BCUT2D eigenvalue weighted by Crippen LogP contribution is 2.23. The van der Waals surface area contributed by atoms with Crippen molar-refractivity contribution < 1.29 is 0 Å². The van der Waals surface area contributed by atoms with Crippen LogP contribution in [0.2, 0.25) is 0 Å². The van der Waals surface area contributed by atoms with E-state index in [1.165, 1.54) is 27.6 Å². The van der Waals surface area contributed by atoms with Gasteiger partial charge in [-0.2, -0.15) is 0 Å². The molecule has 19 heavy (non-hydrogen) atoms. The molecule has 0 fully saturated rings. The molecule has 0 aliphatic carbocycles. The van der Waals surface area contributed by atoms with Crippen molar-refractivity contribution in [2.45, 2.75) is 20.8 Å². The Labute approximate surface area is 113 Å². The molecule has 0 N–H and O–H groups in total. The number of rotatable bonds is 1. The molecular weight excluding hydrogens is 230 g/mol. The number of aryl methyl sites for hydroxylation is 3. The topological polar surface area (TPSA) is 12.9 Å². The molecule has 94 valence electrons. The molecule has 0 saturated heterocycles. The molecule has 1 heterocycles. The molecule has 3 rings (SSSR count). The summed E-state index contributed by atoms with van der Waals surface area (Å²) in [6, 6.07) is 17.2. The third kappa shape index (κ3) is 2.37. The van der Waals surface area contributed by atoms with E-state index in [1.807, 2.05) is 0 Å². The standard InChI is InChI=1S/C18H17N/c1-12-4-5-15-6-7-17(19-18(15)11-12)16-9-13(2)8-14(3)10-16/h4-11H,1-3H3. The van der Waals surface area contributed by atoms with Crippen molar-refractivity contribution in [1.29, 1.82) is 0 Å². The minimum absolute atomic E-state index is 1.05. The Hall–Kier alpha value is -2.15. The van der Waals surface area contributed by atoms with Gasteiger partial charge in [0.05, 0.1) is 11.2 Å². The first-order chi connectivity index (χ1) is 9.11. The van der Waals surface area contributed by atoms with E-state index in [2.05, 4.69) is 69.3 Å². The first-order valence-corrected chi connectivity index (χ1v) is 6.58. The average molecular weight is 247 g/mol. The van der Waals surface area contributed by atoms with Gasteiger partial charge in [-0.25, -0.2) is 4.98 Å². The highest BCUT2D eigenvalue weighted by atomic mass is 14.7. The Morgan fingerprint density at radius 2 is 1.37 bits per heavy atom. The lowest BCUT2D eigenvalue weighted by atomic mass is 10.0. The summed E-state index contributed by atoms with van der Waals surface area (Å²) in [4.78, 5) is 4.79. The smallest absolute Gasteiger partial charge is 0.0712 e. The van der Waals surface area contributed by atoms with Gasteiger partial charge in [-0.15, -0.1) is 0 Å². The Bertz CT molecular complexity index is 736. The normalized spacial score (nSPS) is 10.9. The Balaban J connectivity index is 2.19. The summed E-state index contributed by atoms with van der Waals surface area (Å²) >= 11 is 0. The van der Waals surface area contributed by atoms with Crippen LogP contribution < -0.4 is 0 Å². The van der Waals surface area contributed by atoms with Crippen molar-refractivity contribution in [2.24, 2.45) is 0 Å². The lowest BCUT2D eigenvalue weighted by Crippen LogP contribution is -1.88. The molecule has 1 heteroatoms. The molecular formula is C18H17N. The molecule has 0 unspecified atom stereocenters. The molecule has 0 saturated carbocycles. The third-order valence-corrected chi connectivity index (χ3v) is 3.37. The van der Waals surface area contributed by atoms with Gasteiger partial charge in [0.15, 0.2) is 0 Å². The SMILES string of the molecule is Cc1cc(C)cc(-c2ccc3ccc(C)cc3n2)c1. The molecule has 3 aromatic rings. The van der Waals surface area contributed by atoms with Crippen LogP contribution in [0.3, 0.4) is 0 Å². The lowest BCUT2D eigenvalue weighted by molar-refractivity contribution is 1.34. The van der Waals surface area contributed by atoms with Gasteiger partial charge in [-0.1, -0.05) is 35.4 Å². The van der Waals surface area contributed by atoms with Crippen LogP contribution in [0.5, 0.6) is 0 Å². The summed E-state index contributed by atoms with van der Waals surface area (Å²) < 4.78 is 0. The highest BCUT2D eigenvalue weighted by molar-refractivity contribution is 5.82. The summed E-state index contributed by atoms with van der Waals surface area (Å²) in [7, 11) is 0. The van der Waals surface area contributed by atoms with Gasteiger partial charge in [-0.05, 0) is 50.6 Å². The Morgan fingerprint density at radius 3 is 2.11 bits per heavy atom. The number of benzene rings is 2. The van der Waals surface area contributed by atoms with E-state index in [9.17, 15) is 0 Å². The lowest BCUT2D eigenvalue weighted by Gasteiger charge is -2.06. The van der Waals surface area contributed by atoms with Crippen molar-refractivity contribution in [1.82, 2.24) is 4.98 Å². The van der Waals surface area contributed by atoms with E-state index in [1.54, 1.807) is 0 Å². The molecule has 0 amide bonds. The molecule has 0 bridgehead atoms. The predicted molar refractivity (Wildman–Crippen MR) is 81.4 cm³/mol. The van der Waals surface area contributed by atoms with Crippen molar-refractivity contribution in [3.05, 3.63) is 65.2 Å². The maximum atomic E-state index is 4.79. The van der Waals surface area contributed by atoms with Crippen LogP contribution >= 0.6 is 0 Å². The zero-order valence-electron chi connectivity index (χ0n) is 11.6. The summed E-state index contributed by atoms with van der Waals surface area (Å²) in [5, 5.41) is 1.19. The van der Waals surface area contributed by atoms with E-state index in [0.717, 1.165) is 11.2 Å². The van der Waals surface area contributed by atoms with Crippen LogP contribution in [-0.2, 0) is 0 Å². The van der Waals surface area contributed by atoms with Crippen molar-refractivity contribution in [3.8, 4) is 11.3 Å². The van der Waals surface area contributed by atoms with E-state index >= 15 is 0 Å².